The zero-order valence-corrected chi connectivity index (χ0v) is 14.0. The molecule has 0 bridgehead atoms. The van der Waals surface area contributed by atoms with Crippen molar-refractivity contribution in [2.24, 2.45) is 0 Å². The molecule has 1 N–H and O–H groups in total. The lowest BCUT2D eigenvalue weighted by Gasteiger charge is -2.33. The van der Waals surface area contributed by atoms with Crippen LogP contribution < -0.4 is 5.32 Å². The van der Waals surface area contributed by atoms with E-state index < -0.39 is 39.1 Å². The summed E-state index contributed by atoms with van der Waals surface area (Å²) < 4.78 is 66.0. The van der Waals surface area contributed by atoms with Crippen molar-refractivity contribution in [2.45, 2.75) is 18.9 Å². The molecule has 6 nitrogen and oxygen atoms in total. The van der Waals surface area contributed by atoms with E-state index in [0.717, 1.165) is 10.4 Å². The molecule has 1 saturated heterocycles. The Balaban J connectivity index is 2.00. The smallest absolute Gasteiger partial charge is 0.281 e. The van der Waals surface area contributed by atoms with Gasteiger partial charge in [0.1, 0.15) is 0 Å². The first-order valence-corrected chi connectivity index (χ1v) is 8.66. The van der Waals surface area contributed by atoms with Gasteiger partial charge in [0.15, 0.2) is 17.5 Å². The molecule has 0 spiro atoms. The fraction of sp³-hybridized carbons (Fsp3) is 0.500. The number of piperidine rings is 1. The molecule has 10 heteroatoms. The third-order valence-electron chi connectivity index (χ3n) is 3.86. The van der Waals surface area contributed by atoms with Gasteiger partial charge >= 0.3 is 0 Å². The van der Waals surface area contributed by atoms with E-state index in [1.807, 2.05) is 0 Å². The average Bonchev–Trinajstić information content (AvgIpc) is 2.53. The summed E-state index contributed by atoms with van der Waals surface area (Å²) in [5, 5.41) is 2.52. The molecule has 0 radical (unpaired) electrons. The number of amides is 1. The van der Waals surface area contributed by atoms with Crippen LogP contribution in [0.15, 0.2) is 12.1 Å². The summed E-state index contributed by atoms with van der Waals surface area (Å²) in [5.74, 6) is -5.47. The minimum Gasteiger partial charge on any atom is -0.349 e. The zero-order valence-electron chi connectivity index (χ0n) is 13.2. The van der Waals surface area contributed by atoms with E-state index in [9.17, 15) is 26.4 Å². The van der Waals surface area contributed by atoms with Crippen molar-refractivity contribution < 1.29 is 26.4 Å². The number of nitrogens with one attached hydrogen (secondary N) is 1. The van der Waals surface area contributed by atoms with E-state index in [2.05, 4.69) is 5.32 Å². The van der Waals surface area contributed by atoms with Crippen LogP contribution in [0.4, 0.5) is 13.2 Å². The van der Waals surface area contributed by atoms with Crippen LogP contribution >= 0.6 is 0 Å². The molecular weight excluding hydrogens is 347 g/mol. The highest BCUT2D eigenvalue weighted by Gasteiger charge is 2.30. The first-order chi connectivity index (χ1) is 11.1. The number of carbonyl (C=O) groups excluding carboxylic acids is 1. The maximum Gasteiger partial charge on any atom is 0.281 e. The molecule has 1 amide bonds. The van der Waals surface area contributed by atoms with Crippen molar-refractivity contribution in [3.8, 4) is 0 Å². The summed E-state index contributed by atoms with van der Waals surface area (Å²) in [5.41, 5.74) is -0.586. The molecule has 1 aromatic rings. The summed E-state index contributed by atoms with van der Waals surface area (Å²) in [4.78, 5) is 12.0. The molecule has 134 valence electrons. The topological polar surface area (TPSA) is 69.7 Å². The van der Waals surface area contributed by atoms with Crippen LogP contribution in [0.25, 0.3) is 0 Å². The van der Waals surface area contributed by atoms with Gasteiger partial charge in [0, 0.05) is 33.2 Å². The predicted molar refractivity (Wildman–Crippen MR) is 81.0 cm³/mol. The monoisotopic (exact) mass is 365 g/mol. The first-order valence-electron chi connectivity index (χ1n) is 7.26. The van der Waals surface area contributed by atoms with Crippen LogP contribution in [-0.4, -0.2) is 56.2 Å². The van der Waals surface area contributed by atoms with E-state index in [-0.39, 0.29) is 19.1 Å². The summed E-state index contributed by atoms with van der Waals surface area (Å²) in [6, 6.07) is 1.17. The maximum absolute atomic E-state index is 13.6. The number of nitrogens with zero attached hydrogens (tertiary/aromatic N) is 2. The standard InChI is InChI=1S/C14H18F3N3O3S/c1-19(2)24(22,23)20-7-5-9(6-8-20)18-14(21)10-3-4-11(15)13(17)12(10)16/h3-4,9H,5-8H2,1-2H3,(H,18,21). The van der Waals surface area contributed by atoms with E-state index in [0.29, 0.717) is 18.9 Å². The van der Waals surface area contributed by atoms with Gasteiger partial charge in [-0.2, -0.15) is 17.0 Å². The Morgan fingerprint density at radius 2 is 1.75 bits per heavy atom. The molecule has 1 aliphatic heterocycles. The van der Waals surface area contributed by atoms with Crippen molar-refractivity contribution >= 4 is 16.1 Å². The van der Waals surface area contributed by atoms with Crippen LogP contribution in [0.3, 0.4) is 0 Å². The third-order valence-corrected chi connectivity index (χ3v) is 5.80. The number of rotatable bonds is 4. The molecular formula is C14H18F3N3O3S. The van der Waals surface area contributed by atoms with Crippen LogP contribution in [0, 0.1) is 17.5 Å². The second kappa shape index (κ2) is 7.08. The van der Waals surface area contributed by atoms with Crippen molar-refractivity contribution in [1.29, 1.82) is 0 Å². The Morgan fingerprint density at radius 1 is 1.17 bits per heavy atom. The van der Waals surface area contributed by atoms with E-state index in [1.54, 1.807) is 0 Å². The molecule has 24 heavy (non-hydrogen) atoms. The quantitative estimate of drug-likeness (QED) is 0.813. The van der Waals surface area contributed by atoms with Gasteiger partial charge in [0.05, 0.1) is 5.56 Å². The normalized spacial score (nSPS) is 17.2. The van der Waals surface area contributed by atoms with Crippen LogP contribution in [0.2, 0.25) is 0 Å². The molecule has 1 fully saturated rings. The van der Waals surface area contributed by atoms with Gasteiger partial charge < -0.3 is 5.32 Å². The van der Waals surface area contributed by atoms with Gasteiger partial charge in [-0.05, 0) is 25.0 Å². The number of hydrogen-bond acceptors (Lipinski definition) is 3. The number of carbonyl (C=O) groups is 1. The second-order valence-electron chi connectivity index (χ2n) is 5.66. The third kappa shape index (κ3) is 3.70. The number of benzene rings is 1. The fourth-order valence-corrected chi connectivity index (χ4v) is 3.56. The van der Waals surface area contributed by atoms with E-state index >= 15 is 0 Å². The summed E-state index contributed by atoms with van der Waals surface area (Å²) in [7, 11) is -0.667. The van der Waals surface area contributed by atoms with Gasteiger partial charge in [0.2, 0.25) is 0 Å². The largest absolute Gasteiger partial charge is 0.349 e. The SMILES string of the molecule is CN(C)S(=O)(=O)N1CCC(NC(=O)c2ccc(F)c(F)c2F)CC1. The van der Waals surface area contributed by atoms with Crippen molar-refractivity contribution in [3.63, 3.8) is 0 Å². The first kappa shape index (κ1) is 18.7. The van der Waals surface area contributed by atoms with Crippen LogP contribution in [0.1, 0.15) is 23.2 Å². The molecule has 0 unspecified atom stereocenters. The zero-order chi connectivity index (χ0) is 18.1. The minimum absolute atomic E-state index is 0.200. The predicted octanol–water partition coefficient (Wildman–Crippen LogP) is 1.10. The average molecular weight is 365 g/mol. The van der Waals surface area contributed by atoms with Gasteiger partial charge in [-0.1, -0.05) is 0 Å². The highest BCUT2D eigenvalue weighted by molar-refractivity contribution is 7.86. The molecule has 0 atom stereocenters. The molecule has 0 saturated carbocycles. The molecule has 2 rings (SSSR count). The van der Waals surface area contributed by atoms with Gasteiger partial charge in [-0.15, -0.1) is 0 Å². The van der Waals surface area contributed by atoms with Gasteiger partial charge in [-0.25, -0.2) is 13.2 Å². The Morgan fingerprint density at radius 3 is 2.29 bits per heavy atom. The van der Waals surface area contributed by atoms with Gasteiger partial charge in [0.25, 0.3) is 16.1 Å². The lowest BCUT2D eigenvalue weighted by atomic mass is 10.1. The summed E-state index contributed by atoms with van der Waals surface area (Å²) in [6.45, 7) is 0.400. The van der Waals surface area contributed by atoms with Crippen molar-refractivity contribution in [1.82, 2.24) is 13.9 Å². The Labute approximate surface area is 138 Å². The molecule has 1 heterocycles. The van der Waals surface area contributed by atoms with Crippen LogP contribution in [0.5, 0.6) is 0 Å². The molecule has 0 aliphatic carbocycles. The Bertz CT molecular complexity index is 732. The van der Waals surface area contributed by atoms with Gasteiger partial charge in [-0.3, -0.25) is 4.79 Å². The molecule has 0 aromatic heterocycles. The second-order valence-corrected chi connectivity index (χ2v) is 7.80. The highest BCUT2D eigenvalue weighted by Crippen LogP contribution is 2.18. The lowest BCUT2D eigenvalue weighted by molar-refractivity contribution is 0.0918. The molecule has 1 aromatic carbocycles. The maximum atomic E-state index is 13.6. The van der Waals surface area contributed by atoms with Crippen molar-refractivity contribution in [3.05, 3.63) is 35.1 Å². The van der Waals surface area contributed by atoms with E-state index in [1.165, 1.54) is 18.4 Å². The number of halogens is 3. The number of hydrogen-bond donors (Lipinski definition) is 1. The van der Waals surface area contributed by atoms with Crippen molar-refractivity contribution in [2.75, 3.05) is 27.2 Å². The highest BCUT2D eigenvalue weighted by atomic mass is 32.2. The summed E-state index contributed by atoms with van der Waals surface area (Å²) >= 11 is 0. The molecule has 1 aliphatic rings. The fourth-order valence-electron chi connectivity index (χ4n) is 2.43. The van der Waals surface area contributed by atoms with Crippen LogP contribution in [-0.2, 0) is 10.2 Å². The minimum atomic E-state index is -3.52. The lowest BCUT2D eigenvalue weighted by Crippen LogP contribution is -2.49. The van der Waals surface area contributed by atoms with E-state index in [4.69, 9.17) is 0 Å². The summed E-state index contributed by atoms with van der Waals surface area (Å²) in [6.07, 6.45) is 0.675. The Hall–Kier alpha value is -1.65. The Kier molecular flexibility index (Phi) is 5.51.